The minimum Gasteiger partial charge on any atom is -0.493 e. The van der Waals surface area contributed by atoms with Crippen molar-refractivity contribution in [3.63, 3.8) is 0 Å². The Kier molecular flexibility index (Phi) is 5.66. The van der Waals surface area contributed by atoms with Gasteiger partial charge in [0.05, 0.1) is 19.9 Å². The van der Waals surface area contributed by atoms with E-state index in [0.717, 1.165) is 28.1 Å². The molecule has 4 aromatic rings. The van der Waals surface area contributed by atoms with Crippen LogP contribution in [0.25, 0.3) is 23.1 Å². The number of carbonyl (C=O) groups excluding carboxylic acids is 1. The molecule has 0 fully saturated rings. The molecular weight excluding hydrogens is 392 g/mol. The van der Waals surface area contributed by atoms with Crippen LogP contribution in [0.4, 0.5) is 5.69 Å². The van der Waals surface area contributed by atoms with E-state index in [1.165, 1.54) is 6.08 Å². The maximum Gasteiger partial charge on any atom is 0.248 e. The third kappa shape index (κ3) is 4.40. The predicted octanol–water partition coefficient (Wildman–Crippen LogP) is 4.37. The van der Waals surface area contributed by atoms with E-state index in [1.807, 2.05) is 60.1 Å². The van der Waals surface area contributed by atoms with Crippen molar-refractivity contribution in [1.29, 1.82) is 0 Å². The zero-order valence-corrected chi connectivity index (χ0v) is 17.5. The summed E-state index contributed by atoms with van der Waals surface area (Å²) in [5.74, 6) is 1.64. The third-order valence-corrected chi connectivity index (χ3v) is 4.86. The number of benzene rings is 2. The summed E-state index contributed by atoms with van der Waals surface area (Å²) >= 11 is 0. The van der Waals surface area contributed by atoms with Gasteiger partial charge < -0.3 is 14.8 Å². The monoisotopic (exact) mass is 414 g/mol. The molecule has 7 heteroatoms. The van der Waals surface area contributed by atoms with Gasteiger partial charge in [0.2, 0.25) is 11.7 Å². The van der Waals surface area contributed by atoms with Gasteiger partial charge in [0.25, 0.3) is 0 Å². The third-order valence-electron chi connectivity index (χ3n) is 4.86. The number of hydrogen-bond donors (Lipinski definition) is 1. The number of anilines is 1. The molecular formula is C24H22N4O3. The van der Waals surface area contributed by atoms with Crippen molar-refractivity contribution in [2.75, 3.05) is 19.5 Å². The molecule has 0 radical (unpaired) electrons. The van der Waals surface area contributed by atoms with Crippen LogP contribution in [0.3, 0.4) is 0 Å². The molecule has 0 saturated heterocycles. The predicted molar refractivity (Wildman–Crippen MR) is 120 cm³/mol. The minimum absolute atomic E-state index is 0.230. The van der Waals surface area contributed by atoms with E-state index in [9.17, 15) is 4.79 Å². The van der Waals surface area contributed by atoms with Gasteiger partial charge in [-0.05, 0) is 48.4 Å². The van der Waals surface area contributed by atoms with E-state index < -0.39 is 0 Å². The Morgan fingerprint density at radius 1 is 1.10 bits per heavy atom. The lowest BCUT2D eigenvalue weighted by Gasteiger charge is -2.09. The van der Waals surface area contributed by atoms with Crippen LogP contribution < -0.4 is 14.8 Å². The Hall–Kier alpha value is -4.13. The topological polar surface area (TPSA) is 77.8 Å². The Balaban J connectivity index is 1.53. The first-order valence-corrected chi connectivity index (χ1v) is 9.69. The molecule has 0 bridgehead atoms. The van der Waals surface area contributed by atoms with Gasteiger partial charge >= 0.3 is 0 Å². The molecule has 1 N–H and O–H groups in total. The second kappa shape index (κ2) is 8.71. The van der Waals surface area contributed by atoms with Crippen molar-refractivity contribution >= 4 is 23.4 Å². The molecule has 0 spiro atoms. The van der Waals surface area contributed by atoms with E-state index >= 15 is 0 Å². The number of ether oxygens (including phenoxy) is 2. The molecule has 0 unspecified atom stereocenters. The summed E-state index contributed by atoms with van der Waals surface area (Å²) in [7, 11) is 3.16. The van der Waals surface area contributed by atoms with Gasteiger partial charge in [0, 0.05) is 35.9 Å². The van der Waals surface area contributed by atoms with Crippen LogP contribution in [0.2, 0.25) is 0 Å². The zero-order valence-electron chi connectivity index (χ0n) is 17.5. The number of rotatable bonds is 6. The van der Waals surface area contributed by atoms with Crippen molar-refractivity contribution in [3.8, 4) is 22.8 Å². The normalized spacial score (nSPS) is 11.1. The number of aryl methyl sites for hydroxylation is 1. The standard InChI is InChI=1S/C24H22N4O3/c1-16-5-8-18(20-15-28-12-4-11-25-24(28)27-20)14-19(16)26-23(29)10-7-17-6-9-21(30-2)22(13-17)31-3/h4-15H,1-3H3,(H,26,29)/b10-7+. The number of fused-ring (bicyclic) bond motifs is 1. The summed E-state index contributed by atoms with van der Waals surface area (Å²) in [6.45, 7) is 1.95. The van der Waals surface area contributed by atoms with Gasteiger partial charge in [-0.15, -0.1) is 0 Å². The molecule has 2 heterocycles. The Morgan fingerprint density at radius 2 is 1.94 bits per heavy atom. The quantitative estimate of drug-likeness (QED) is 0.474. The van der Waals surface area contributed by atoms with E-state index in [1.54, 1.807) is 32.6 Å². The maximum atomic E-state index is 12.5. The molecule has 2 aromatic carbocycles. The number of nitrogens with zero attached hydrogens (tertiary/aromatic N) is 3. The zero-order chi connectivity index (χ0) is 21.8. The molecule has 1 amide bonds. The highest BCUT2D eigenvalue weighted by Gasteiger charge is 2.09. The summed E-state index contributed by atoms with van der Waals surface area (Å²) < 4.78 is 12.4. The number of imidazole rings is 1. The summed E-state index contributed by atoms with van der Waals surface area (Å²) in [5, 5.41) is 2.94. The highest BCUT2D eigenvalue weighted by molar-refractivity contribution is 6.02. The molecule has 0 aliphatic heterocycles. The van der Waals surface area contributed by atoms with Crippen molar-refractivity contribution in [3.05, 3.63) is 78.3 Å². The molecule has 0 atom stereocenters. The number of carbonyl (C=O) groups is 1. The number of amides is 1. The van der Waals surface area contributed by atoms with E-state index in [4.69, 9.17) is 9.47 Å². The number of aromatic nitrogens is 3. The van der Waals surface area contributed by atoms with Crippen LogP contribution in [0.5, 0.6) is 11.5 Å². The molecule has 31 heavy (non-hydrogen) atoms. The lowest BCUT2D eigenvalue weighted by Crippen LogP contribution is -2.09. The van der Waals surface area contributed by atoms with Gasteiger partial charge in [0.1, 0.15) is 0 Å². The fourth-order valence-corrected chi connectivity index (χ4v) is 3.19. The van der Waals surface area contributed by atoms with Gasteiger partial charge in [-0.3, -0.25) is 9.20 Å². The Labute approximate surface area is 180 Å². The molecule has 0 saturated carbocycles. The van der Waals surface area contributed by atoms with Gasteiger partial charge in [-0.25, -0.2) is 9.97 Å². The summed E-state index contributed by atoms with van der Waals surface area (Å²) in [5.41, 5.74) is 4.20. The first kappa shape index (κ1) is 20.2. The number of nitrogens with one attached hydrogen (secondary N) is 1. The first-order chi connectivity index (χ1) is 15.1. The molecule has 7 nitrogen and oxygen atoms in total. The second-order valence-electron chi connectivity index (χ2n) is 6.92. The molecule has 0 aliphatic carbocycles. The SMILES string of the molecule is COc1ccc(/C=C/C(=O)Nc2cc(-c3cn4cccnc4n3)ccc2C)cc1OC. The van der Waals surface area contributed by atoms with Crippen LogP contribution >= 0.6 is 0 Å². The first-order valence-electron chi connectivity index (χ1n) is 9.69. The average molecular weight is 414 g/mol. The number of hydrogen-bond acceptors (Lipinski definition) is 5. The largest absolute Gasteiger partial charge is 0.493 e. The minimum atomic E-state index is -0.230. The summed E-state index contributed by atoms with van der Waals surface area (Å²) in [4.78, 5) is 21.3. The summed E-state index contributed by atoms with van der Waals surface area (Å²) in [6.07, 6.45) is 8.73. The maximum absolute atomic E-state index is 12.5. The van der Waals surface area contributed by atoms with Gasteiger partial charge in [0.15, 0.2) is 11.5 Å². The fraction of sp³-hybridized carbons (Fsp3) is 0.125. The smallest absolute Gasteiger partial charge is 0.248 e. The molecule has 0 aliphatic rings. The molecule has 2 aromatic heterocycles. The second-order valence-corrected chi connectivity index (χ2v) is 6.92. The molecule has 4 rings (SSSR count). The van der Waals surface area contributed by atoms with Crippen molar-refractivity contribution in [2.45, 2.75) is 6.92 Å². The van der Waals surface area contributed by atoms with Crippen LogP contribution in [0, 0.1) is 6.92 Å². The van der Waals surface area contributed by atoms with E-state index in [0.29, 0.717) is 17.3 Å². The Morgan fingerprint density at radius 3 is 2.71 bits per heavy atom. The van der Waals surface area contributed by atoms with Crippen molar-refractivity contribution in [1.82, 2.24) is 14.4 Å². The van der Waals surface area contributed by atoms with E-state index in [2.05, 4.69) is 15.3 Å². The highest BCUT2D eigenvalue weighted by atomic mass is 16.5. The average Bonchev–Trinajstić information content (AvgIpc) is 3.23. The van der Waals surface area contributed by atoms with E-state index in [-0.39, 0.29) is 5.91 Å². The number of methoxy groups -OCH3 is 2. The van der Waals surface area contributed by atoms with Crippen LogP contribution in [-0.4, -0.2) is 34.5 Å². The van der Waals surface area contributed by atoms with Crippen LogP contribution in [-0.2, 0) is 4.79 Å². The van der Waals surface area contributed by atoms with Crippen LogP contribution in [0.15, 0.2) is 67.1 Å². The van der Waals surface area contributed by atoms with Crippen molar-refractivity contribution in [2.24, 2.45) is 0 Å². The lowest BCUT2D eigenvalue weighted by atomic mass is 10.1. The lowest BCUT2D eigenvalue weighted by molar-refractivity contribution is -0.111. The molecule has 156 valence electrons. The Bertz CT molecular complexity index is 1240. The summed E-state index contributed by atoms with van der Waals surface area (Å²) in [6, 6.07) is 13.2. The van der Waals surface area contributed by atoms with Crippen molar-refractivity contribution < 1.29 is 14.3 Å². The van der Waals surface area contributed by atoms with Gasteiger partial charge in [-0.1, -0.05) is 18.2 Å². The van der Waals surface area contributed by atoms with Crippen LogP contribution in [0.1, 0.15) is 11.1 Å². The fourth-order valence-electron chi connectivity index (χ4n) is 3.19. The highest BCUT2D eigenvalue weighted by Crippen LogP contribution is 2.28. The van der Waals surface area contributed by atoms with Gasteiger partial charge in [-0.2, -0.15) is 0 Å².